The van der Waals surface area contributed by atoms with Gasteiger partial charge in [-0.05, 0) is 84.1 Å². The van der Waals surface area contributed by atoms with E-state index in [1.807, 2.05) is 29.2 Å². The molecule has 0 spiro atoms. The highest BCUT2D eigenvalue weighted by molar-refractivity contribution is 5.97. The van der Waals surface area contributed by atoms with Crippen molar-refractivity contribution in [1.82, 2.24) is 40.3 Å². The maximum atomic E-state index is 14.0. The zero-order valence-corrected chi connectivity index (χ0v) is 24.3. The summed E-state index contributed by atoms with van der Waals surface area (Å²) in [7, 11) is 1.58. The molecule has 2 saturated heterocycles. The number of likely N-dealkylation sites (tertiary alicyclic amines) is 2. The third-order valence-electron chi connectivity index (χ3n) is 9.24. The van der Waals surface area contributed by atoms with Gasteiger partial charge >= 0.3 is 0 Å². The number of tetrazole rings is 1. The number of ether oxygens (including phenoxy) is 1. The average molecular weight is 581 g/mol. The minimum absolute atomic E-state index is 0.0652. The number of carbonyl (C=O) groups is 2. The first-order chi connectivity index (χ1) is 21.1. The Hall–Kier alpha value is -4.64. The first-order valence-electron chi connectivity index (χ1n) is 14.7. The number of carbonyl (C=O) groups excluding carboxylic acids is 2. The summed E-state index contributed by atoms with van der Waals surface area (Å²) in [6, 6.07) is 20.0. The summed E-state index contributed by atoms with van der Waals surface area (Å²) in [6.45, 7) is 3.92. The van der Waals surface area contributed by atoms with Crippen LogP contribution in [0.5, 0.6) is 5.75 Å². The fourth-order valence-electron chi connectivity index (χ4n) is 6.71. The van der Waals surface area contributed by atoms with Crippen molar-refractivity contribution in [2.24, 2.45) is 0 Å². The van der Waals surface area contributed by atoms with Crippen LogP contribution >= 0.6 is 0 Å². The Labute approximate surface area is 250 Å². The number of hydrogen-bond acceptors (Lipinski definition) is 8. The standard InChI is InChI=1S/C32H36N8O3/c1-43-29-8-7-27(40-23-35-36-37-40)21-28(29)30(42)39-20-12-31(22-39,25-5-3-2-4-6-25)11-17-38-18-13-32(14-19-38,34-24-41)26-9-15-33-16-10-26/h2-10,15-16,21,23-24H,11-14,17-20,22H2,1H3,(H,34,41). The van der Waals surface area contributed by atoms with Crippen molar-refractivity contribution in [2.75, 3.05) is 39.8 Å². The molecule has 1 atom stereocenters. The highest BCUT2D eigenvalue weighted by atomic mass is 16.5. The summed E-state index contributed by atoms with van der Waals surface area (Å²) < 4.78 is 7.11. The van der Waals surface area contributed by atoms with E-state index in [1.54, 1.807) is 31.6 Å². The Bertz CT molecular complexity index is 1520. The summed E-state index contributed by atoms with van der Waals surface area (Å²) in [5, 5.41) is 14.5. The van der Waals surface area contributed by atoms with Gasteiger partial charge in [-0.25, -0.2) is 4.68 Å². The van der Waals surface area contributed by atoms with Gasteiger partial charge in [0.2, 0.25) is 6.41 Å². The van der Waals surface area contributed by atoms with E-state index in [9.17, 15) is 9.59 Å². The molecule has 4 heterocycles. The van der Waals surface area contributed by atoms with Gasteiger partial charge in [-0.15, -0.1) is 5.10 Å². The number of nitrogens with zero attached hydrogens (tertiary/aromatic N) is 7. The van der Waals surface area contributed by atoms with Crippen molar-refractivity contribution in [3.05, 3.63) is 96.1 Å². The molecule has 2 aromatic heterocycles. The number of aromatic nitrogens is 5. The number of methoxy groups -OCH3 is 1. The minimum atomic E-state index is -0.370. The quantitative estimate of drug-likeness (QED) is 0.285. The lowest BCUT2D eigenvalue weighted by atomic mass is 9.76. The van der Waals surface area contributed by atoms with Crippen LogP contribution in [0, 0.1) is 0 Å². The van der Waals surface area contributed by atoms with Crippen molar-refractivity contribution in [3.8, 4) is 11.4 Å². The second kappa shape index (κ2) is 12.3. The van der Waals surface area contributed by atoms with Gasteiger partial charge in [-0.3, -0.25) is 14.6 Å². The molecule has 0 radical (unpaired) electrons. The first-order valence-corrected chi connectivity index (χ1v) is 14.7. The molecule has 1 unspecified atom stereocenters. The molecule has 2 fully saturated rings. The van der Waals surface area contributed by atoms with Gasteiger partial charge in [0.25, 0.3) is 5.91 Å². The molecule has 0 aliphatic carbocycles. The molecule has 2 aromatic carbocycles. The fraction of sp³-hybridized carbons (Fsp3) is 0.375. The van der Waals surface area contributed by atoms with E-state index in [-0.39, 0.29) is 16.9 Å². The number of nitrogens with one attached hydrogen (secondary N) is 1. The Morgan fingerprint density at radius 3 is 2.49 bits per heavy atom. The molecule has 43 heavy (non-hydrogen) atoms. The topological polar surface area (TPSA) is 118 Å². The molecule has 4 aromatic rings. The Morgan fingerprint density at radius 2 is 1.79 bits per heavy atom. The molecule has 11 heteroatoms. The van der Waals surface area contributed by atoms with E-state index < -0.39 is 0 Å². The van der Waals surface area contributed by atoms with Crippen molar-refractivity contribution in [3.63, 3.8) is 0 Å². The van der Waals surface area contributed by atoms with Gasteiger partial charge in [-0.1, -0.05) is 30.3 Å². The second-order valence-corrected chi connectivity index (χ2v) is 11.4. The molecule has 1 N–H and O–H groups in total. The fourth-order valence-corrected chi connectivity index (χ4v) is 6.71. The monoisotopic (exact) mass is 580 g/mol. The Morgan fingerprint density at radius 1 is 1.00 bits per heavy atom. The van der Waals surface area contributed by atoms with Gasteiger partial charge in [0.1, 0.15) is 12.1 Å². The molecule has 2 aliphatic heterocycles. The normalized spacial score (nSPS) is 20.1. The maximum Gasteiger partial charge on any atom is 0.257 e. The number of amides is 2. The summed E-state index contributed by atoms with van der Waals surface area (Å²) in [5.74, 6) is 0.457. The zero-order valence-electron chi connectivity index (χ0n) is 24.3. The average Bonchev–Trinajstić information content (AvgIpc) is 3.77. The van der Waals surface area contributed by atoms with Crippen LogP contribution in [-0.2, 0) is 15.7 Å². The van der Waals surface area contributed by atoms with Crippen LogP contribution in [0.25, 0.3) is 5.69 Å². The van der Waals surface area contributed by atoms with Crippen molar-refractivity contribution in [2.45, 2.75) is 36.6 Å². The van der Waals surface area contributed by atoms with E-state index in [2.05, 4.69) is 55.0 Å². The molecule has 2 aliphatic rings. The van der Waals surface area contributed by atoms with E-state index in [0.717, 1.165) is 57.3 Å². The molecule has 0 bridgehead atoms. The predicted octanol–water partition coefficient (Wildman–Crippen LogP) is 2.98. The summed E-state index contributed by atoms with van der Waals surface area (Å²) in [5.41, 5.74) is 3.00. The van der Waals surface area contributed by atoms with Gasteiger partial charge in [0.15, 0.2) is 0 Å². The molecule has 11 nitrogen and oxygen atoms in total. The van der Waals surface area contributed by atoms with Gasteiger partial charge in [0.05, 0.1) is 23.9 Å². The number of benzene rings is 2. The number of rotatable bonds is 10. The largest absolute Gasteiger partial charge is 0.496 e. The first kappa shape index (κ1) is 28.5. The van der Waals surface area contributed by atoms with Crippen LogP contribution in [0.1, 0.15) is 47.2 Å². The van der Waals surface area contributed by atoms with Crippen LogP contribution < -0.4 is 10.1 Å². The van der Waals surface area contributed by atoms with E-state index in [1.165, 1.54) is 16.6 Å². The third-order valence-corrected chi connectivity index (χ3v) is 9.24. The molecule has 6 rings (SSSR count). The number of pyridine rings is 1. The number of hydrogen-bond donors (Lipinski definition) is 1. The van der Waals surface area contributed by atoms with Gasteiger partial charge in [-0.2, -0.15) is 0 Å². The van der Waals surface area contributed by atoms with Crippen LogP contribution in [0.4, 0.5) is 0 Å². The molecule has 2 amide bonds. The van der Waals surface area contributed by atoms with Crippen LogP contribution in [0.3, 0.4) is 0 Å². The summed E-state index contributed by atoms with van der Waals surface area (Å²) >= 11 is 0. The SMILES string of the molecule is COc1ccc(-n2cnnn2)cc1C(=O)N1CCC(CCN2CCC(NC=O)(c3ccncc3)CC2)(c2ccccc2)C1. The summed E-state index contributed by atoms with van der Waals surface area (Å²) in [4.78, 5) is 34.1. The zero-order chi connectivity index (χ0) is 29.7. The Balaban J connectivity index is 1.19. The van der Waals surface area contributed by atoms with E-state index in [4.69, 9.17) is 4.74 Å². The van der Waals surface area contributed by atoms with E-state index in [0.29, 0.717) is 30.1 Å². The maximum absolute atomic E-state index is 14.0. The molecular formula is C32H36N8O3. The van der Waals surface area contributed by atoms with Crippen molar-refractivity contribution in [1.29, 1.82) is 0 Å². The third kappa shape index (κ3) is 5.72. The van der Waals surface area contributed by atoms with Crippen LogP contribution in [0.15, 0.2) is 79.4 Å². The van der Waals surface area contributed by atoms with E-state index >= 15 is 0 Å². The molecule has 222 valence electrons. The second-order valence-electron chi connectivity index (χ2n) is 11.4. The number of piperidine rings is 1. The lowest BCUT2D eigenvalue weighted by molar-refractivity contribution is -0.112. The minimum Gasteiger partial charge on any atom is -0.496 e. The lowest BCUT2D eigenvalue weighted by Gasteiger charge is -2.43. The molecule has 0 saturated carbocycles. The summed E-state index contributed by atoms with van der Waals surface area (Å²) in [6.07, 6.45) is 9.34. The smallest absolute Gasteiger partial charge is 0.257 e. The van der Waals surface area contributed by atoms with Crippen LogP contribution in [-0.4, -0.2) is 87.1 Å². The van der Waals surface area contributed by atoms with Crippen molar-refractivity contribution >= 4 is 12.3 Å². The molecular weight excluding hydrogens is 544 g/mol. The highest BCUT2D eigenvalue weighted by Crippen LogP contribution is 2.40. The van der Waals surface area contributed by atoms with Crippen LogP contribution in [0.2, 0.25) is 0 Å². The highest BCUT2D eigenvalue weighted by Gasteiger charge is 2.43. The van der Waals surface area contributed by atoms with Gasteiger partial charge < -0.3 is 19.9 Å². The lowest BCUT2D eigenvalue weighted by Crippen LogP contribution is -2.51. The van der Waals surface area contributed by atoms with Crippen molar-refractivity contribution < 1.29 is 14.3 Å². The van der Waals surface area contributed by atoms with Gasteiger partial charge in [0, 0.05) is 44.0 Å². The Kier molecular flexibility index (Phi) is 8.15. The predicted molar refractivity (Wildman–Crippen MR) is 160 cm³/mol.